The van der Waals surface area contributed by atoms with E-state index in [1.54, 1.807) is 36.4 Å². The van der Waals surface area contributed by atoms with Gasteiger partial charge in [-0.2, -0.15) is 5.26 Å². The largest absolute Gasteiger partial charge is 0.493 e. The first-order valence-electron chi connectivity index (χ1n) is 7.08. The molecule has 2 rings (SSSR count). The Morgan fingerprint density at radius 1 is 1.04 bits per heavy atom. The maximum atomic E-state index is 12.6. The van der Waals surface area contributed by atoms with Crippen LogP contribution in [0.2, 0.25) is 0 Å². The summed E-state index contributed by atoms with van der Waals surface area (Å²) in [5.41, 5.74) is 1.47. The Hall–Kier alpha value is -2.78. The van der Waals surface area contributed by atoms with Crippen molar-refractivity contribution in [1.29, 1.82) is 5.26 Å². The number of hydrogen-bond donors (Lipinski definition) is 0. The highest BCUT2D eigenvalue weighted by Gasteiger charge is 2.20. The first-order chi connectivity index (χ1) is 11.4. The van der Waals surface area contributed by atoms with Crippen molar-refractivity contribution < 1.29 is 17.9 Å². The number of benzene rings is 2. The summed E-state index contributed by atoms with van der Waals surface area (Å²) < 4.78 is 35.6. The van der Waals surface area contributed by atoms with Crippen LogP contribution < -0.4 is 9.47 Å². The summed E-state index contributed by atoms with van der Waals surface area (Å²) in [5, 5.41) is 9.31. The van der Waals surface area contributed by atoms with E-state index in [1.165, 1.54) is 32.4 Å². The molecule has 0 aliphatic carbocycles. The summed E-state index contributed by atoms with van der Waals surface area (Å²) in [5.74, 6) is 0.978. The molecule has 2 aromatic carbocycles. The summed E-state index contributed by atoms with van der Waals surface area (Å²) in [6, 6.07) is 13.1. The van der Waals surface area contributed by atoms with Gasteiger partial charge >= 0.3 is 0 Å². The van der Waals surface area contributed by atoms with Gasteiger partial charge < -0.3 is 9.47 Å². The van der Waals surface area contributed by atoms with E-state index in [4.69, 9.17) is 9.47 Å². The number of hydrogen-bond acceptors (Lipinski definition) is 5. The number of nitrogens with zero attached hydrogens (tertiary/aromatic N) is 1. The van der Waals surface area contributed by atoms with Gasteiger partial charge in [0.2, 0.25) is 9.84 Å². The van der Waals surface area contributed by atoms with E-state index in [-0.39, 0.29) is 9.80 Å². The van der Waals surface area contributed by atoms with Crippen LogP contribution in [0.25, 0.3) is 6.08 Å². The Kier molecular flexibility index (Phi) is 5.27. The molecule has 0 spiro atoms. The molecule has 0 aromatic heterocycles. The molecular weight excluding hydrogens is 326 g/mol. The van der Waals surface area contributed by atoms with E-state index in [0.717, 1.165) is 5.56 Å². The highest BCUT2D eigenvalue weighted by Crippen LogP contribution is 2.29. The predicted molar refractivity (Wildman–Crippen MR) is 91.5 cm³/mol. The number of methoxy groups -OCH3 is 2. The quantitative estimate of drug-likeness (QED) is 0.778. The van der Waals surface area contributed by atoms with Crippen molar-refractivity contribution in [2.45, 2.75) is 11.8 Å². The molecule has 0 radical (unpaired) electrons. The van der Waals surface area contributed by atoms with Crippen molar-refractivity contribution in [3.05, 3.63) is 58.5 Å². The Labute approximate surface area is 141 Å². The lowest BCUT2D eigenvalue weighted by atomic mass is 10.2. The smallest absolute Gasteiger partial charge is 0.216 e. The predicted octanol–water partition coefficient (Wildman–Crippen LogP) is 3.35. The SMILES string of the molecule is COc1ccc(/C=C(\C#N)S(=O)(=O)c2ccc(C)cc2)cc1OC. The number of ether oxygens (including phenoxy) is 2. The van der Waals surface area contributed by atoms with Crippen molar-refractivity contribution in [2.24, 2.45) is 0 Å². The van der Waals surface area contributed by atoms with Crippen molar-refractivity contribution in [3.63, 3.8) is 0 Å². The number of rotatable bonds is 5. The first kappa shape index (κ1) is 17.6. The fourth-order valence-corrected chi connectivity index (χ4v) is 3.27. The molecule has 5 nitrogen and oxygen atoms in total. The molecule has 2 aromatic rings. The zero-order valence-electron chi connectivity index (χ0n) is 13.6. The third-order valence-corrected chi connectivity index (χ3v) is 5.12. The standard InChI is InChI=1S/C18H17NO4S/c1-13-4-7-15(8-5-13)24(20,21)16(12-19)10-14-6-9-17(22-2)18(11-14)23-3/h4-11H,1-3H3/b16-10+. The van der Waals surface area contributed by atoms with Gasteiger partial charge in [-0.05, 0) is 42.8 Å². The Morgan fingerprint density at radius 3 is 2.21 bits per heavy atom. The molecule has 124 valence electrons. The van der Waals surface area contributed by atoms with Crippen LogP contribution in [0.5, 0.6) is 11.5 Å². The average Bonchev–Trinajstić information content (AvgIpc) is 2.59. The monoisotopic (exact) mass is 343 g/mol. The van der Waals surface area contributed by atoms with Crippen LogP contribution in [0.1, 0.15) is 11.1 Å². The van der Waals surface area contributed by atoms with E-state index in [2.05, 4.69) is 0 Å². The fraction of sp³-hybridized carbons (Fsp3) is 0.167. The van der Waals surface area contributed by atoms with Crippen molar-refractivity contribution in [3.8, 4) is 17.6 Å². The molecule has 24 heavy (non-hydrogen) atoms. The second-order valence-electron chi connectivity index (χ2n) is 5.05. The fourth-order valence-electron chi connectivity index (χ4n) is 2.11. The lowest BCUT2D eigenvalue weighted by Gasteiger charge is -2.08. The minimum Gasteiger partial charge on any atom is -0.493 e. The van der Waals surface area contributed by atoms with Crippen LogP contribution in [0, 0.1) is 18.3 Å². The molecule has 0 saturated heterocycles. The normalized spacial score (nSPS) is 11.7. The summed E-state index contributed by atoms with van der Waals surface area (Å²) in [6.07, 6.45) is 1.32. The van der Waals surface area contributed by atoms with Gasteiger partial charge in [0, 0.05) is 0 Å². The molecule has 0 N–H and O–H groups in total. The van der Waals surface area contributed by atoms with Crippen LogP contribution in [-0.4, -0.2) is 22.6 Å². The highest BCUT2D eigenvalue weighted by molar-refractivity contribution is 7.95. The minimum atomic E-state index is -3.87. The van der Waals surface area contributed by atoms with Crippen LogP contribution in [-0.2, 0) is 9.84 Å². The van der Waals surface area contributed by atoms with Gasteiger partial charge in [0.25, 0.3) is 0 Å². The number of nitriles is 1. The van der Waals surface area contributed by atoms with Gasteiger partial charge in [-0.1, -0.05) is 23.8 Å². The average molecular weight is 343 g/mol. The topological polar surface area (TPSA) is 76.4 Å². The van der Waals surface area contributed by atoms with Gasteiger partial charge in [-0.15, -0.1) is 0 Å². The zero-order valence-corrected chi connectivity index (χ0v) is 14.4. The molecule has 0 heterocycles. The molecule has 0 aliphatic heterocycles. The molecule has 0 atom stereocenters. The van der Waals surface area contributed by atoms with E-state index in [9.17, 15) is 13.7 Å². The summed E-state index contributed by atoms with van der Waals surface area (Å²) >= 11 is 0. The summed E-state index contributed by atoms with van der Waals surface area (Å²) in [4.78, 5) is -0.250. The van der Waals surface area contributed by atoms with Gasteiger partial charge in [0.1, 0.15) is 11.0 Å². The van der Waals surface area contributed by atoms with E-state index >= 15 is 0 Å². The summed E-state index contributed by atoms with van der Waals surface area (Å²) in [6.45, 7) is 1.86. The molecule has 0 unspecified atom stereocenters. The van der Waals surface area contributed by atoms with E-state index < -0.39 is 9.84 Å². The second kappa shape index (κ2) is 7.20. The Morgan fingerprint density at radius 2 is 1.67 bits per heavy atom. The van der Waals surface area contributed by atoms with Crippen molar-refractivity contribution in [2.75, 3.05) is 14.2 Å². The first-order valence-corrected chi connectivity index (χ1v) is 8.56. The lowest BCUT2D eigenvalue weighted by molar-refractivity contribution is 0.355. The number of allylic oxidation sites excluding steroid dienone is 1. The van der Waals surface area contributed by atoms with Gasteiger partial charge in [0.05, 0.1) is 19.1 Å². The number of aryl methyl sites for hydroxylation is 1. The Balaban J connectivity index is 2.49. The van der Waals surface area contributed by atoms with E-state index in [1.807, 2.05) is 6.92 Å². The van der Waals surface area contributed by atoms with Crippen LogP contribution >= 0.6 is 0 Å². The lowest BCUT2D eigenvalue weighted by Crippen LogP contribution is -2.03. The molecule has 0 saturated carbocycles. The molecule has 6 heteroatoms. The van der Waals surface area contributed by atoms with Crippen molar-refractivity contribution in [1.82, 2.24) is 0 Å². The van der Waals surface area contributed by atoms with Gasteiger partial charge in [0.15, 0.2) is 11.5 Å². The van der Waals surface area contributed by atoms with Gasteiger partial charge in [-0.25, -0.2) is 8.42 Å². The molecule has 0 amide bonds. The van der Waals surface area contributed by atoms with Crippen molar-refractivity contribution >= 4 is 15.9 Å². The van der Waals surface area contributed by atoms with Crippen LogP contribution in [0.15, 0.2) is 52.3 Å². The molecular formula is C18H17NO4S. The number of sulfone groups is 1. The molecule has 0 bridgehead atoms. The Bertz CT molecular complexity index is 907. The molecule has 0 fully saturated rings. The minimum absolute atomic E-state index is 0.0846. The summed E-state index contributed by atoms with van der Waals surface area (Å²) in [7, 11) is -0.878. The zero-order chi connectivity index (χ0) is 17.7. The van der Waals surface area contributed by atoms with E-state index in [0.29, 0.717) is 17.1 Å². The third kappa shape index (κ3) is 3.58. The van der Waals surface area contributed by atoms with Crippen LogP contribution in [0.4, 0.5) is 0 Å². The van der Waals surface area contributed by atoms with Gasteiger partial charge in [-0.3, -0.25) is 0 Å². The molecule has 0 aliphatic rings. The highest BCUT2D eigenvalue weighted by atomic mass is 32.2. The maximum Gasteiger partial charge on any atom is 0.216 e. The maximum absolute atomic E-state index is 12.6. The third-order valence-electron chi connectivity index (χ3n) is 3.44. The van der Waals surface area contributed by atoms with Crippen LogP contribution in [0.3, 0.4) is 0 Å². The second-order valence-corrected chi connectivity index (χ2v) is 6.97.